The Morgan fingerprint density at radius 1 is 1.00 bits per heavy atom. The van der Waals surface area contributed by atoms with Crippen molar-refractivity contribution >= 4 is 5.69 Å². The monoisotopic (exact) mass is 400 g/mol. The molecule has 2 heterocycles. The van der Waals surface area contributed by atoms with Crippen LogP contribution in [0.5, 0.6) is 11.5 Å². The van der Waals surface area contributed by atoms with Gasteiger partial charge >= 0.3 is 0 Å². The maximum absolute atomic E-state index is 13.1. The predicted molar refractivity (Wildman–Crippen MR) is 112 cm³/mol. The molecule has 0 spiro atoms. The average molecular weight is 400 g/mol. The zero-order chi connectivity index (χ0) is 20.2. The summed E-state index contributed by atoms with van der Waals surface area (Å²) < 4.78 is 30.2. The standard InChI is InChI=1S/C23H29FN2O3/c1-27-22-15-17-8-14-29-21(20(17)16-23(22)28-2)7-9-25-10-12-26(13-11-25)19-5-3-18(24)4-6-19/h3-6,15-16,21H,7-14H2,1-2H3/t21-/m0/s1. The van der Waals surface area contributed by atoms with Crippen molar-refractivity contribution in [2.24, 2.45) is 0 Å². The van der Waals surface area contributed by atoms with E-state index < -0.39 is 0 Å². The zero-order valence-electron chi connectivity index (χ0n) is 17.2. The van der Waals surface area contributed by atoms with Gasteiger partial charge < -0.3 is 19.1 Å². The van der Waals surface area contributed by atoms with Crippen molar-refractivity contribution < 1.29 is 18.6 Å². The number of anilines is 1. The van der Waals surface area contributed by atoms with E-state index in [1.807, 2.05) is 12.1 Å². The normalized spacial score (nSPS) is 19.7. The molecule has 29 heavy (non-hydrogen) atoms. The van der Waals surface area contributed by atoms with E-state index in [2.05, 4.69) is 21.9 Å². The van der Waals surface area contributed by atoms with Crippen LogP contribution in [0.2, 0.25) is 0 Å². The number of halogens is 1. The largest absolute Gasteiger partial charge is 0.493 e. The van der Waals surface area contributed by atoms with E-state index in [1.165, 1.54) is 23.3 Å². The molecule has 2 aromatic rings. The fourth-order valence-electron chi connectivity index (χ4n) is 4.27. The van der Waals surface area contributed by atoms with E-state index in [0.29, 0.717) is 0 Å². The Bertz CT molecular complexity index is 820. The van der Waals surface area contributed by atoms with Crippen molar-refractivity contribution in [3.63, 3.8) is 0 Å². The lowest BCUT2D eigenvalue weighted by atomic mass is 9.94. The highest BCUT2D eigenvalue weighted by molar-refractivity contribution is 5.49. The molecule has 0 radical (unpaired) electrons. The van der Waals surface area contributed by atoms with Crippen molar-refractivity contribution in [3.05, 3.63) is 53.3 Å². The van der Waals surface area contributed by atoms with Crippen molar-refractivity contribution in [2.45, 2.75) is 18.9 Å². The summed E-state index contributed by atoms with van der Waals surface area (Å²) in [5, 5.41) is 0. The van der Waals surface area contributed by atoms with E-state index in [0.717, 1.165) is 69.4 Å². The molecular formula is C23H29FN2O3. The number of ether oxygens (including phenoxy) is 3. The fraction of sp³-hybridized carbons (Fsp3) is 0.478. The van der Waals surface area contributed by atoms with E-state index in [4.69, 9.17) is 14.2 Å². The Kier molecular flexibility index (Phi) is 6.21. The van der Waals surface area contributed by atoms with Crippen LogP contribution in [0, 0.1) is 5.82 Å². The third-order valence-corrected chi connectivity index (χ3v) is 5.95. The van der Waals surface area contributed by atoms with Crippen LogP contribution in [-0.2, 0) is 11.2 Å². The van der Waals surface area contributed by atoms with Crippen LogP contribution in [0.4, 0.5) is 10.1 Å². The SMILES string of the molecule is COc1cc2c(cc1OC)[C@H](CCN1CCN(c3ccc(F)cc3)CC1)OCC2. The van der Waals surface area contributed by atoms with Crippen LogP contribution in [0.3, 0.4) is 0 Å². The van der Waals surface area contributed by atoms with E-state index >= 15 is 0 Å². The summed E-state index contributed by atoms with van der Waals surface area (Å²) in [6.45, 7) is 5.66. The molecule has 0 aliphatic carbocycles. The van der Waals surface area contributed by atoms with Gasteiger partial charge in [0.1, 0.15) is 5.82 Å². The Morgan fingerprint density at radius 3 is 2.38 bits per heavy atom. The minimum atomic E-state index is -0.186. The van der Waals surface area contributed by atoms with Gasteiger partial charge in [-0.1, -0.05) is 0 Å². The minimum absolute atomic E-state index is 0.0914. The summed E-state index contributed by atoms with van der Waals surface area (Å²) in [4.78, 5) is 4.80. The number of rotatable bonds is 6. The van der Waals surface area contributed by atoms with Crippen molar-refractivity contribution in [2.75, 3.05) is 58.5 Å². The highest BCUT2D eigenvalue weighted by Crippen LogP contribution is 2.38. The number of hydrogen-bond donors (Lipinski definition) is 0. The van der Waals surface area contributed by atoms with Crippen molar-refractivity contribution in [1.29, 1.82) is 0 Å². The maximum Gasteiger partial charge on any atom is 0.161 e. The smallest absolute Gasteiger partial charge is 0.161 e. The molecule has 5 nitrogen and oxygen atoms in total. The lowest BCUT2D eigenvalue weighted by Gasteiger charge is -2.37. The van der Waals surface area contributed by atoms with Gasteiger partial charge in [-0.25, -0.2) is 4.39 Å². The van der Waals surface area contributed by atoms with Gasteiger partial charge in [0.05, 0.1) is 26.9 Å². The quantitative estimate of drug-likeness (QED) is 0.739. The molecule has 2 aromatic carbocycles. The molecule has 2 aliphatic rings. The second kappa shape index (κ2) is 9.01. The highest BCUT2D eigenvalue weighted by Gasteiger charge is 2.25. The average Bonchev–Trinajstić information content (AvgIpc) is 2.77. The molecule has 0 aromatic heterocycles. The summed E-state index contributed by atoms with van der Waals surface area (Å²) in [5.41, 5.74) is 3.61. The lowest BCUT2D eigenvalue weighted by Crippen LogP contribution is -2.46. The van der Waals surface area contributed by atoms with Crippen LogP contribution in [0.15, 0.2) is 36.4 Å². The molecule has 2 aliphatic heterocycles. The van der Waals surface area contributed by atoms with E-state index in [9.17, 15) is 4.39 Å². The molecule has 0 saturated carbocycles. The van der Waals surface area contributed by atoms with Gasteiger partial charge in [-0.2, -0.15) is 0 Å². The lowest BCUT2D eigenvalue weighted by molar-refractivity contribution is 0.0286. The maximum atomic E-state index is 13.1. The summed E-state index contributed by atoms with van der Waals surface area (Å²) >= 11 is 0. The topological polar surface area (TPSA) is 34.2 Å². The first-order valence-electron chi connectivity index (χ1n) is 10.3. The van der Waals surface area contributed by atoms with Crippen LogP contribution < -0.4 is 14.4 Å². The predicted octanol–water partition coefficient (Wildman–Crippen LogP) is 3.67. The third-order valence-electron chi connectivity index (χ3n) is 5.95. The molecule has 0 N–H and O–H groups in total. The second-order valence-corrected chi connectivity index (χ2v) is 7.61. The van der Waals surface area contributed by atoms with Gasteiger partial charge in [0.25, 0.3) is 0 Å². The highest BCUT2D eigenvalue weighted by atomic mass is 19.1. The van der Waals surface area contributed by atoms with E-state index in [1.54, 1.807) is 14.2 Å². The first kappa shape index (κ1) is 20.0. The number of hydrogen-bond acceptors (Lipinski definition) is 5. The molecule has 1 atom stereocenters. The Labute approximate surface area is 172 Å². The third kappa shape index (κ3) is 4.49. The summed E-state index contributed by atoms with van der Waals surface area (Å²) in [6, 6.07) is 10.9. The van der Waals surface area contributed by atoms with Crippen LogP contribution in [-0.4, -0.2) is 58.5 Å². The van der Waals surface area contributed by atoms with Gasteiger partial charge in [0, 0.05) is 38.4 Å². The summed E-state index contributed by atoms with van der Waals surface area (Å²) in [7, 11) is 3.34. The number of fused-ring (bicyclic) bond motifs is 1. The van der Waals surface area contributed by atoms with Crippen molar-refractivity contribution in [1.82, 2.24) is 4.90 Å². The van der Waals surface area contributed by atoms with Gasteiger partial charge in [-0.05, 0) is 60.4 Å². The fourth-order valence-corrected chi connectivity index (χ4v) is 4.27. The molecule has 0 unspecified atom stereocenters. The first-order valence-corrected chi connectivity index (χ1v) is 10.3. The van der Waals surface area contributed by atoms with E-state index in [-0.39, 0.29) is 11.9 Å². The molecule has 4 rings (SSSR count). The number of piperazine rings is 1. The molecule has 0 amide bonds. The Balaban J connectivity index is 1.34. The number of methoxy groups -OCH3 is 2. The molecule has 0 bridgehead atoms. The molecule has 6 heteroatoms. The van der Waals surface area contributed by atoms with Crippen molar-refractivity contribution in [3.8, 4) is 11.5 Å². The first-order chi connectivity index (χ1) is 14.2. The molecule has 156 valence electrons. The van der Waals surface area contributed by atoms with Gasteiger partial charge in [-0.3, -0.25) is 4.90 Å². The zero-order valence-corrected chi connectivity index (χ0v) is 17.2. The van der Waals surface area contributed by atoms with Gasteiger partial charge in [-0.15, -0.1) is 0 Å². The number of benzene rings is 2. The van der Waals surface area contributed by atoms with Crippen LogP contribution in [0.1, 0.15) is 23.7 Å². The molecule has 1 saturated heterocycles. The Hall–Kier alpha value is -2.31. The molecule has 1 fully saturated rings. The summed E-state index contributed by atoms with van der Waals surface area (Å²) in [6.07, 6.45) is 1.95. The number of nitrogens with zero attached hydrogens (tertiary/aromatic N) is 2. The molecular weight excluding hydrogens is 371 g/mol. The Morgan fingerprint density at radius 2 is 1.69 bits per heavy atom. The van der Waals surface area contributed by atoms with Crippen LogP contribution in [0.25, 0.3) is 0 Å². The van der Waals surface area contributed by atoms with Gasteiger partial charge in [0.15, 0.2) is 11.5 Å². The van der Waals surface area contributed by atoms with Gasteiger partial charge in [0.2, 0.25) is 0 Å². The summed E-state index contributed by atoms with van der Waals surface area (Å²) in [5.74, 6) is 1.35. The minimum Gasteiger partial charge on any atom is -0.493 e. The van der Waals surface area contributed by atoms with Crippen LogP contribution >= 0.6 is 0 Å². The second-order valence-electron chi connectivity index (χ2n) is 7.61.